The highest BCUT2D eigenvalue weighted by Gasteiger charge is 2.26. The van der Waals surface area contributed by atoms with Crippen LogP contribution in [0.1, 0.15) is 5.69 Å². The van der Waals surface area contributed by atoms with Gasteiger partial charge in [0.25, 0.3) is 0 Å². The van der Waals surface area contributed by atoms with Crippen LogP contribution in [0.25, 0.3) is 11.0 Å². The molecule has 0 radical (unpaired) electrons. The molecule has 0 saturated carbocycles. The molecule has 0 aliphatic carbocycles. The number of pyridine rings is 1. The van der Waals surface area contributed by atoms with Gasteiger partial charge < -0.3 is 14.5 Å². The number of hydrogen-bond donors (Lipinski definition) is 3. The number of carbonyl (C=O) groups is 1. The lowest BCUT2D eigenvalue weighted by molar-refractivity contribution is 0.251. The number of nitrogens with one attached hydrogen (secondary N) is 3. The third-order valence-electron chi connectivity index (χ3n) is 4.22. The first-order chi connectivity index (χ1) is 15.3. The zero-order valence-corrected chi connectivity index (χ0v) is 17.0. The monoisotopic (exact) mass is 459 g/mol. The second kappa shape index (κ2) is 8.59. The summed E-state index contributed by atoms with van der Waals surface area (Å²) in [5.41, 5.74) is 1.39. The molecule has 0 atom stereocenters. The van der Waals surface area contributed by atoms with E-state index in [1.54, 1.807) is 24.4 Å². The molecule has 2 amide bonds. The van der Waals surface area contributed by atoms with Crippen molar-refractivity contribution in [2.24, 2.45) is 0 Å². The number of H-pyrrole nitrogens is 1. The molecule has 2 aromatic heterocycles. The lowest BCUT2D eigenvalue weighted by atomic mass is 10.3. The Hall–Kier alpha value is -4.06. The normalized spacial score (nSPS) is 11.3. The Morgan fingerprint density at radius 3 is 2.56 bits per heavy atom. The third kappa shape index (κ3) is 4.64. The number of amides is 2. The van der Waals surface area contributed by atoms with Crippen LogP contribution in [-0.4, -0.2) is 29.4 Å². The van der Waals surface area contributed by atoms with Gasteiger partial charge >= 0.3 is 16.1 Å². The second-order valence-electron chi connectivity index (χ2n) is 6.48. The van der Waals surface area contributed by atoms with Crippen LogP contribution in [0.2, 0.25) is 0 Å². The lowest BCUT2D eigenvalue weighted by Gasteiger charge is -2.08. The summed E-state index contributed by atoms with van der Waals surface area (Å²) in [6.07, 6.45) is 1.61. The summed E-state index contributed by atoms with van der Waals surface area (Å²) in [5, 5.41) is 5.12. The van der Waals surface area contributed by atoms with Gasteiger partial charge in [-0.1, -0.05) is 12.1 Å². The van der Waals surface area contributed by atoms with Crippen molar-refractivity contribution < 1.29 is 26.2 Å². The van der Waals surface area contributed by atoms with Crippen LogP contribution in [0.15, 0.2) is 65.7 Å². The molecule has 0 saturated heterocycles. The van der Waals surface area contributed by atoms with Crippen molar-refractivity contribution in [3.63, 3.8) is 0 Å². The Morgan fingerprint density at radius 1 is 1.06 bits per heavy atom. The first-order valence-electron chi connectivity index (χ1n) is 9.15. The summed E-state index contributed by atoms with van der Waals surface area (Å²) in [4.78, 5) is 21.9. The van der Waals surface area contributed by atoms with E-state index >= 15 is 0 Å². The molecule has 9 nitrogen and oxygen atoms in total. The predicted molar refractivity (Wildman–Crippen MR) is 110 cm³/mol. The van der Waals surface area contributed by atoms with Gasteiger partial charge in [-0.15, -0.1) is 0 Å². The highest BCUT2D eigenvalue weighted by Crippen LogP contribution is 2.26. The largest absolute Gasteiger partial charge is 0.379 e. The van der Waals surface area contributed by atoms with Crippen LogP contribution in [-0.2, 0) is 16.7 Å². The lowest BCUT2D eigenvalue weighted by Crippen LogP contribution is -2.28. The van der Waals surface area contributed by atoms with Crippen molar-refractivity contribution in [2.45, 2.75) is 11.4 Å². The highest BCUT2D eigenvalue weighted by molar-refractivity contribution is 7.87. The maximum Gasteiger partial charge on any atom is 0.345 e. The van der Waals surface area contributed by atoms with Gasteiger partial charge in [0, 0.05) is 12.3 Å². The molecule has 4 rings (SSSR count). The predicted octanol–water partition coefficient (Wildman–Crippen LogP) is 3.33. The zero-order chi connectivity index (χ0) is 22.7. The number of rotatable bonds is 6. The number of aromatic amines is 1. The van der Waals surface area contributed by atoms with Crippen LogP contribution in [0.3, 0.4) is 0 Å². The minimum atomic E-state index is -4.76. The minimum Gasteiger partial charge on any atom is -0.379 e. The molecule has 3 N–H and O–H groups in total. The molecule has 4 aromatic rings. The molecule has 0 aliphatic rings. The van der Waals surface area contributed by atoms with E-state index in [0.29, 0.717) is 16.7 Å². The van der Waals surface area contributed by atoms with Crippen molar-refractivity contribution in [3.05, 3.63) is 78.1 Å². The molecule has 32 heavy (non-hydrogen) atoms. The van der Waals surface area contributed by atoms with E-state index in [2.05, 4.69) is 25.6 Å². The van der Waals surface area contributed by atoms with E-state index in [9.17, 15) is 22.0 Å². The fraction of sp³-hybridized carbons (Fsp3) is 0.0500. The standard InChI is InChI=1S/C20H15F2N5O4S/c21-14-5-3-6-15(22)18(14)32(29,30)31-13-7-8-16-17(10-13)26-19(25-16)27-20(28)24-11-12-4-1-2-9-23-12/h1-10H,11H2,(H3,24,25,26,27,28). The van der Waals surface area contributed by atoms with Crippen LogP contribution in [0.5, 0.6) is 5.75 Å². The Kier molecular flexibility index (Phi) is 5.69. The summed E-state index contributed by atoms with van der Waals surface area (Å²) in [7, 11) is -4.76. The molecule has 0 aliphatic heterocycles. The van der Waals surface area contributed by atoms with Gasteiger partial charge in [-0.3, -0.25) is 10.3 Å². The number of hydrogen-bond acceptors (Lipinski definition) is 6. The molecule has 0 spiro atoms. The molecular weight excluding hydrogens is 444 g/mol. The van der Waals surface area contributed by atoms with Crippen molar-refractivity contribution in [2.75, 3.05) is 5.32 Å². The van der Waals surface area contributed by atoms with Crippen molar-refractivity contribution in [3.8, 4) is 5.75 Å². The smallest absolute Gasteiger partial charge is 0.345 e. The molecule has 0 fully saturated rings. The molecule has 0 unspecified atom stereocenters. The number of urea groups is 1. The summed E-state index contributed by atoms with van der Waals surface area (Å²) in [6, 6.07) is 11.4. The second-order valence-corrected chi connectivity index (χ2v) is 7.96. The van der Waals surface area contributed by atoms with Crippen molar-refractivity contribution in [1.29, 1.82) is 0 Å². The Balaban J connectivity index is 1.47. The number of benzene rings is 2. The fourth-order valence-corrected chi connectivity index (χ4v) is 3.87. The van der Waals surface area contributed by atoms with Gasteiger partial charge in [-0.05, 0) is 36.4 Å². The van der Waals surface area contributed by atoms with Gasteiger partial charge in [0.05, 0.1) is 23.3 Å². The van der Waals surface area contributed by atoms with Gasteiger partial charge in [0.15, 0.2) is 4.90 Å². The maximum atomic E-state index is 13.8. The van der Waals surface area contributed by atoms with Gasteiger partial charge in [-0.25, -0.2) is 18.6 Å². The number of imidazole rings is 1. The van der Waals surface area contributed by atoms with Gasteiger partial charge in [0.1, 0.15) is 17.4 Å². The number of fused-ring (bicyclic) bond motifs is 1. The van der Waals surface area contributed by atoms with E-state index in [1.165, 1.54) is 18.2 Å². The Labute approximate surface area is 180 Å². The molecule has 2 heterocycles. The molecule has 12 heteroatoms. The van der Waals surface area contributed by atoms with Crippen LogP contribution >= 0.6 is 0 Å². The first kappa shape index (κ1) is 21.2. The molecular formula is C20H15F2N5O4S. The number of carbonyl (C=O) groups excluding carboxylic acids is 1. The van der Waals surface area contributed by atoms with Gasteiger partial charge in [-0.2, -0.15) is 8.42 Å². The topological polar surface area (TPSA) is 126 Å². The average Bonchev–Trinajstić information content (AvgIpc) is 3.13. The summed E-state index contributed by atoms with van der Waals surface area (Å²) in [6.45, 7) is 0.204. The first-order valence-corrected chi connectivity index (χ1v) is 10.6. The SMILES string of the molecule is O=C(NCc1ccccn1)Nc1nc2ccc(OS(=O)(=O)c3c(F)cccc3F)cc2[nH]1. The molecule has 2 aromatic carbocycles. The summed E-state index contributed by atoms with van der Waals surface area (Å²) in [5.74, 6) is -2.64. The average molecular weight is 459 g/mol. The van der Waals surface area contributed by atoms with Crippen LogP contribution < -0.4 is 14.8 Å². The number of halogens is 2. The third-order valence-corrected chi connectivity index (χ3v) is 5.52. The fourth-order valence-electron chi connectivity index (χ4n) is 2.81. The highest BCUT2D eigenvalue weighted by atomic mass is 32.2. The van der Waals surface area contributed by atoms with Crippen LogP contribution in [0.4, 0.5) is 19.5 Å². The molecule has 164 valence electrons. The number of anilines is 1. The summed E-state index contributed by atoms with van der Waals surface area (Å²) >= 11 is 0. The minimum absolute atomic E-state index is 0.0960. The van der Waals surface area contributed by atoms with E-state index in [0.717, 1.165) is 18.2 Å². The molecule has 0 bridgehead atoms. The number of aromatic nitrogens is 3. The van der Waals surface area contributed by atoms with Crippen molar-refractivity contribution >= 4 is 33.1 Å². The van der Waals surface area contributed by atoms with E-state index in [4.69, 9.17) is 4.18 Å². The van der Waals surface area contributed by atoms with Crippen LogP contribution in [0, 0.1) is 11.6 Å². The summed E-state index contributed by atoms with van der Waals surface area (Å²) < 4.78 is 57.2. The quantitative estimate of drug-likeness (QED) is 0.380. The van der Waals surface area contributed by atoms with E-state index in [-0.39, 0.29) is 18.2 Å². The Morgan fingerprint density at radius 2 is 1.84 bits per heavy atom. The van der Waals surface area contributed by atoms with Crippen molar-refractivity contribution in [1.82, 2.24) is 20.3 Å². The zero-order valence-electron chi connectivity index (χ0n) is 16.2. The maximum absolute atomic E-state index is 13.8. The van der Waals surface area contributed by atoms with E-state index in [1.807, 2.05) is 0 Å². The Bertz CT molecular complexity index is 1370. The number of nitrogens with zero attached hydrogens (tertiary/aromatic N) is 2. The van der Waals surface area contributed by atoms with Gasteiger partial charge in [0.2, 0.25) is 5.95 Å². The van der Waals surface area contributed by atoms with E-state index < -0.39 is 32.7 Å².